The van der Waals surface area contributed by atoms with Crippen molar-refractivity contribution in [3.8, 4) is 0 Å². The molecule has 1 aliphatic heterocycles. The Balaban J connectivity index is 2.27. The van der Waals surface area contributed by atoms with E-state index in [4.69, 9.17) is 0 Å². The van der Waals surface area contributed by atoms with E-state index in [9.17, 15) is 5.11 Å². The second kappa shape index (κ2) is 4.80. The number of nitrogens with one attached hydrogen (secondary N) is 1. The maximum Gasteiger partial charge on any atom is 0.131 e. The Labute approximate surface area is 96.3 Å². The molecule has 88 valence electrons. The molecule has 16 heavy (non-hydrogen) atoms. The van der Waals surface area contributed by atoms with Gasteiger partial charge in [0.1, 0.15) is 5.82 Å². The van der Waals surface area contributed by atoms with Gasteiger partial charge in [-0.05, 0) is 25.0 Å². The largest absolute Gasteiger partial charge is 0.394 e. The average Bonchev–Trinajstić information content (AvgIpc) is 2.29. The van der Waals surface area contributed by atoms with Gasteiger partial charge in [-0.1, -0.05) is 6.07 Å². The summed E-state index contributed by atoms with van der Waals surface area (Å²) in [6.45, 7) is 6.97. The molecule has 0 saturated carbocycles. The highest BCUT2D eigenvalue weighted by atomic mass is 16.3. The van der Waals surface area contributed by atoms with Gasteiger partial charge < -0.3 is 15.3 Å². The summed E-state index contributed by atoms with van der Waals surface area (Å²) in [5.74, 6) is 1.01. The molecule has 0 bridgehead atoms. The monoisotopic (exact) mass is 221 g/mol. The number of pyridine rings is 1. The maximum absolute atomic E-state index is 9.36. The summed E-state index contributed by atoms with van der Waals surface area (Å²) >= 11 is 0. The number of anilines is 1. The van der Waals surface area contributed by atoms with E-state index < -0.39 is 0 Å². The van der Waals surface area contributed by atoms with Gasteiger partial charge in [-0.25, -0.2) is 4.98 Å². The van der Waals surface area contributed by atoms with Crippen molar-refractivity contribution in [2.75, 3.05) is 31.1 Å². The molecule has 2 rings (SSSR count). The maximum atomic E-state index is 9.36. The molecule has 2 N–H and O–H groups in total. The second-order valence-electron chi connectivity index (χ2n) is 4.39. The van der Waals surface area contributed by atoms with E-state index in [0.717, 1.165) is 25.5 Å². The Hall–Kier alpha value is -1.13. The molecule has 0 spiro atoms. The SMILES string of the molecule is Cc1cnc(N2CCNCC2CO)c(C)c1. The molecular formula is C12H19N3O. The lowest BCUT2D eigenvalue weighted by Gasteiger charge is -2.36. The fourth-order valence-corrected chi connectivity index (χ4v) is 2.21. The van der Waals surface area contributed by atoms with Crippen molar-refractivity contribution in [3.05, 3.63) is 23.4 Å². The van der Waals surface area contributed by atoms with Crippen LogP contribution in [0.1, 0.15) is 11.1 Å². The quantitative estimate of drug-likeness (QED) is 0.762. The first-order valence-electron chi connectivity index (χ1n) is 5.74. The third-order valence-electron chi connectivity index (χ3n) is 3.02. The lowest BCUT2D eigenvalue weighted by atomic mass is 10.1. The van der Waals surface area contributed by atoms with Crippen LogP contribution in [0, 0.1) is 13.8 Å². The first-order chi connectivity index (χ1) is 7.72. The van der Waals surface area contributed by atoms with Crippen LogP contribution in [0.5, 0.6) is 0 Å². The number of aliphatic hydroxyl groups is 1. The number of aryl methyl sites for hydroxylation is 2. The highest BCUT2D eigenvalue weighted by Crippen LogP contribution is 2.20. The second-order valence-corrected chi connectivity index (χ2v) is 4.39. The van der Waals surface area contributed by atoms with Gasteiger partial charge in [0.15, 0.2) is 0 Å². The minimum absolute atomic E-state index is 0.141. The number of rotatable bonds is 2. The van der Waals surface area contributed by atoms with Gasteiger partial charge >= 0.3 is 0 Å². The van der Waals surface area contributed by atoms with E-state index in [1.165, 1.54) is 11.1 Å². The zero-order chi connectivity index (χ0) is 11.5. The predicted octanol–water partition coefficient (Wildman–Crippen LogP) is 0.469. The van der Waals surface area contributed by atoms with E-state index in [1.54, 1.807) is 0 Å². The van der Waals surface area contributed by atoms with Crippen LogP contribution in [-0.4, -0.2) is 42.4 Å². The van der Waals surface area contributed by atoms with Crippen LogP contribution in [-0.2, 0) is 0 Å². The van der Waals surface area contributed by atoms with E-state index in [0.29, 0.717) is 0 Å². The standard InChI is InChI=1S/C12H19N3O/c1-9-5-10(2)12(14-6-9)15-4-3-13-7-11(15)8-16/h5-6,11,13,16H,3-4,7-8H2,1-2H3. The summed E-state index contributed by atoms with van der Waals surface area (Å²) in [5.41, 5.74) is 2.36. The third kappa shape index (κ3) is 2.18. The van der Waals surface area contributed by atoms with Gasteiger partial charge in [0.05, 0.1) is 12.6 Å². The van der Waals surface area contributed by atoms with Gasteiger partial charge in [-0.15, -0.1) is 0 Å². The molecule has 1 aromatic rings. The minimum Gasteiger partial charge on any atom is -0.394 e. The molecule has 2 heterocycles. The summed E-state index contributed by atoms with van der Waals surface area (Å²) in [6.07, 6.45) is 1.89. The minimum atomic E-state index is 0.141. The number of hydrogen-bond acceptors (Lipinski definition) is 4. The number of aromatic nitrogens is 1. The molecule has 0 radical (unpaired) electrons. The van der Waals surface area contributed by atoms with Crippen LogP contribution < -0.4 is 10.2 Å². The van der Waals surface area contributed by atoms with Gasteiger partial charge in [-0.2, -0.15) is 0 Å². The van der Waals surface area contributed by atoms with E-state index in [1.807, 2.05) is 13.1 Å². The number of nitrogens with zero attached hydrogens (tertiary/aromatic N) is 2. The molecule has 0 amide bonds. The predicted molar refractivity (Wildman–Crippen MR) is 64.8 cm³/mol. The molecule has 0 aromatic carbocycles. The van der Waals surface area contributed by atoms with Crippen LogP contribution in [0.15, 0.2) is 12.3 Å². The van der Waals surface area contributed by atoms with Crippen LogP contribution in [0.2, 0.25) is 0 Å². The van der Waals surface area contributed by atoms with Crippen molar-refractivity contribution in [3.63, 3.8) is 0 Å². The van der Waals surface area contributed by atoms with Crippen molar-refractivity contribution < 1.29 is 5.11 Å². The van der Waals surface area contributed by atoms with E-state index >= 15 is 0 Å². The van der Waals surface area contributed by atoms with Crippen molar-refractivity contribution in [1.82, 2.24) is 10.3 Å². The third-order valence-corrected chi connectivity index (χ3v) is 3.02. The zero-order valence-electron chi connectivity index (χ0n) is 9.90. The van der Waals surface area contributed by atoms with Crippen LogP contribution in [0.4, 0.5) is 5.82 Å². The Morgan fingerprint density at radius 2 is 2.38 bits per heavy atom. The molecule has 4 heteroatoms. The molecule has 1 atom stereocenters. The van der Waals surface area contributed by atoms with Gasteiger partial charge in [0, 0.05) is 25.8 Å². The smallest absolute Gasteiger partial charge is 0.131 e. The molecular weight excluding hydrogens is 202 g/mol. The number of aliphatic hydroxyl groups excluding tert-OH is 1. The van der Waals surface area contributed by atoms with Crippen molar-refractivity contribution >= 4 is 5.82 Å². The molecule has 0 aliphatic carbocycles. The zero-order valence-corrected chi connectivity index (χ0v) is 9.90. The number of piperazine rings is 1. The molecule has 1 fully saturated rings. The van der Waals surface area contributed by atoms with Gasteiger partial charge in [-0.3, -0.25) is 0 Å². The summed E-state index contributed by atoms with van der Waals surface area (Å²) < 4.78 is 0. The molecule has 1 saturated heterocycles. The number of hydrogen-bond donors (Lipinski definition) is 2. The Morgan fingerprint density at radius 3 is 3.06 bits per heavy atom. The Bertz CT molecular complexity index is 367. The molecule has 1 unspecified atom stereocenters. The lowest BCUT2D eigenvalue weighted by Crippen LogP contribution is -2.53. The van der Waals surface area contributed by atoms with Crippen LogP contribution in [0.3, 0.4) is 0 Å². The van der Waals surface area contributed by atoms with Crippen LogP contribution in [0.25, 0.3) is 0 Å². The van der Waals surface area contributed by atoms with Crippen LogP contribution >= 0.6 is 0 Å². The van der Waals surface area contributed by atoms with Crippen molar-refractivity contribution in [2.24, 2.45) is 0 Å². The van der Waals surface area contributed by atoms with Gasteiger partial charge in [0.25, 0.3) is 0 Å². The highest BCUT2D eigenvalue weighted by molar-refractivity contribution is 5.48. The van der Waals surface area contributed by atoms with E-state index in [-0.39, 0.29) is 12.6 Å². The average molecular weight is 221 g/mol. The fourth-order valence-electron chi connectivity index (χ4n) is 2.21. The van der Waals surface area contributed by atoms with Crippen molar-refractivity contribution in [2.45, 2.75) is 19.9 Å². The van der Waals surface area contributed by atoms with Gasteiger partial charge in [0.2, 0.25) is 0 Å². The topological polar surface area (TPSA) is 48.4 Å². The Morgan fingerprint density at radius 1 is 1.56 bits per heavy atom. The molecule has 1 aliphatic rings. The molecule has 1 aromatic heterocycles. The van der Waals surface area contributed by atoms with E-state index in [2.05, 4.69) is 28.2 Å². The summed E-state index contributed by atoms with van der Waals surface area (Å²) in [7, 11) is 0. The first kappa shape index (κ1) is 11.4. The molecule has 4 nitrogen and oxygen atoms in total. The highest BCUT2D eigenvalue weighted by Gasteiger charge is 2.23. The normalized spacial score (nSPS) is 21.2. The summed E-state index contributed by atoms with van der Waals surface area (Å²) in [5, 5.41) is 12.6. The summed E-state index contributed by atoms with van der Waals surface area (Å²) in [6, 6.07) is 2.28. The first-order valence-corrected chi connectivity index (χ1v) is 5.74. The summed E-state index contributed by atoms with van der Waals surface area (Å²) in [4.78, 5) is 6.69. The fraction of sp³-hybridized carbons (Fsp3) is 0.583. The Kier molecular flexibility index (Phi) is 3.41. The van der Waals surface area contributed by atoms with Crippen molar-refractivity contribution in [1.29, 1.82) is 0 Å². The lowest BCUT2D eigenvalue weighted by molar-refractivity contribution is 0.246.